The SMILES string of the molecule is COC(=O)Nc1cccc2c1CCCC2c1cnc[nH]1. The van der Waals surface area contributed by atoms with Crippen LogP contribution in [0.25, 0.3) is 0 Å². The lowest BCUT2D eigenvalue weighted by Crippen LogP contribution is -2.17. The van der Waals surface area contributed by atoms with Crippen LogP contribution in [0.5, 0.6) is 0 Å². The summed E-state index contributed by atoms with van der Waals surface area (Å²) in [6.45, 7) is 0. The summed E-state index contributed by atoms with van der Waals surface area (Å²) in [5.74, 6) is 0.320. The maximum Gasteiger partial charge on any atom is 0.411 e. The summed E-state index contributed by atoms with van der Waals surface area (Å²) in [4.78, 5) is 18.7. The highest BCUT2D eigenvalue weighted by molar-refractivity contribution is 5.86. The summed E-state index contributed by atoms with van der Waals surface area (Å²) < 4.78 is 4.68. The van der Waals surface area contributed by atoms with Crippen molar-refractivity contribution < 1.29 is 9.53 Å². The van der Waals surface area contributed by atoms with Gasteiger partial charge < -0.3 is 9.72 Å². The minimum Gasteiger partial charge on any atom is -0.453 e. The number of anilines is 1. The van der Waals surface area contributed by atoms with Crippen LogP contribution in [0, 0.1) is 0 Å². The van der Waals surface area contributed by atoms with Crippen LogP contribution in [-0.2, 0) is 11.2 Å². The van der Waals surface area contributed by atoms with Crippen LogP contribution in [0.15, 0.2) is 30.7 Å². The van der Waals surface area contributed by atoms with Gasteiger partial charge in [-0.2, -0.15) is 0 Å². The molecule has 2 N–H and O–H groups in total. The summed E-state index contributed by atoms with van der Waals surface area (Å²) >= 11 is 0. The second kappa shape index (κ2) is 5.36. The molecule has 1 amide bonds. The Morgan fingerprint density at radius 2 is 2.40 bits per heavy atom. The summed E-state index contributed by atoms with van der Waals surface area (Å²) in [6.07, 6.45) is 6.32. The van der Waals surface area contributed by atoms with Crippen molar-refractivity contribution in [1.82, 2.24) is 9.97 Å². The van der Waals surface area contributed by atoms with Gasteiger partial charge in [-0.3, -0.25) is 5.32 Å². The normalized spacial score (nSPS) is 17.4. The molecule has 1 aromatic heterocycles. The molecule has 2 aromatic rings. The number of aromatic amines is 1. The van der Waals surface area contributed by atoms with Gasteiger partial charge in [-0.05, 0) is 36.5 Å². The molecule has 3 rings (SSSR count). The predicted molar refractivity (Wildman–Crippen MR) is 75.8 cm³/mol. The average Bonchev–Trinajstić information content (AvgIpc) is 3.01. The van der Waals surface area contributed by atoms with Crippen molar-refractivity contribution >= 4 is 11.8 Å². The molecule has 5 nitrogen and oxygen atoms in total. The number of imidazole rings is 1. The lowest BCUT2D eigenvalue weighted by molar-refractivity contribution is 0.187. The lowest BCUT2D eigenvalue weighted by atomic mass is 9.80. The van der Waals surface area contributed by atoms with Crippen LogP contribution < -0.4 is 5.32 Å². The number of methoxy groups -OCH3 is 1. The molecule has 1 aliphatic rings. The fraction of sp³-hybridized carbons (Fsp3) is 0.333. The monoisotopic (exact) mass is 271 g/mol. The first-order valence-electron chi connectivity index (χ1n) is 6.74. The molecule has 0 spiro atoms. The number of rotatable bonds is 2. The number of nitrogens with one attached hydrogen (secondary N) is 2. The molecule has 0 saturated heterocycles. The van der Waals surface area contributed by atoms with Crippen molar-refractivity contribution in [3.8, 4) is 0 Å². The third kappa shape index (κ3) is 2.27. The van der Waals surface area contributed by atoms with Gasteiger partial charge in [0.1, 0.15) is 0 Å². The number of carbonyl (C=O) groups excluding carboxylic acids is 1. The zero-order chi connectivity index (χ0) is 13.9. The lowest BCUT2D eigenvalue weighted by Gasteiger charge is -2.26. The molecule has 0 bridgehead atoms. The Morgan fingerprint density at radius 3 is 3.15 bits per heavy atom. The van der Waals surface area contributed by atoms with E-state index in [4.69, 9.17) is 0 Å². The fourth-order valence-electron chi connectivity index (χ4n) is 2.91. The van der Waals surface area contributed by atoms with E-state index in [0.29, 0.717) is 5.92 Å². The summed E-state index contributed by atoms with van der Waals surface area (Å²) in [6, 6.07) is 6.02. The number of hydrogen-bond acceptors (Lipinski definition) is 3. The topological polar surface area (TPSA) is 67.0 Å². The summed E-state index contributed by atoms with van der Waals surface area (Å²) in [7, 11) is 1.37. The van der Waals surface area contributed by atoms with Gasteiger partial charge in [0, 0.05) is 23.5 Å². The number of carbonyl (C=O) groups is 1. The minimum atomic E-state index is -0.429. The molecule has 1 aromatic carbocycles. The smallest absolute Gasteiger partial charge is 0.411 e. The maximum absolute atomic E-state index is 11.4. The molecule has 104 valence electrons. The van der Waals surface area contributed by atoms with Crippen molar-refractivity contribution in [2.75, 3.05) is 12.4 Å². The molecule has 1 aliphatic carbocycles. The van der Waals surface area contributed by atoms with Crippen LogP contribution in [0.3, 0.4) is 0 Å². The molecule has 1 heterocycles. The van der Waals surface area contributed by atoms with E-state index in [1.165, 1.54) is 18.2 Å². The predicted octanol–water partition coefficient (Wildman–Crippen LogP) is 3.06. The fourth-order valence-corrected chi connectivity index (χ4v) is 2.91. The number of fused-ring (bicyclic) bond motifs is 1. The van der Waals surface area contributed by atoms with E-state index < -0.39 is 6.09 Å². The number of aromatic nitrogens is 2. The third-order valence-corrected chi connectivity index (χ3v) is 3.82. The standard InChI is InChI=1S/C15H17N3O2/c1-20-15(19)18-13-7-3-4-10-11(13)5-2-6-12(10)14-8-16-9-17-14/h3-4,7-9,12H,2,5-6H2,1H3,(H,16,17)(H,18,19). The highest BCUT2D eigenvalue weighted by atomic mass is 16.5. The van der Waals surface area contributed by atoms with Gasteiger partial charge in [0.25, 0.3) is 0 Å². The molecule has 5 heteroatoms. The van der Waals surface area contributed by atoms with Crippen molar-refractivity contribution in [1.29, 1.82) is 0 Å². The molecular weight excluding hydrogens is 254 g/mol. The third-order valence-electron chi connectivity index (χ3n) is 3.82. The Morgan fingerprint density at radius 1 is 1.50 bits per heavy atom. The number of amides is 1. The first-order chi connectivity index (χ1) is 9.79. The molecule has 0 fully saturated rings. The van der Waals surface area contributed by atoms with Gasteiger partial charge in [-0.25, -0.2) is 9.78 Å². The second-order valence-corrected chi connectivity index (χ2v) is 4.94. The van der Waals surface area contributed by atoms with Crippen LogP contribution in [-0.4, -0.2) is 23.2 Å². The van der Waals surface area contributed by atoms with E-state index in [-0.39, 0.29) is 0 Å². The van der Waals surface area contributed by atoms with Gasteiger partial charge >= 0.3 is 6.09 Å². The van der Waals surface area contributed by atoms with Gasteiger partial charge in [0.05, 0.1) is 13.4 Å². The number of nitrogens with zero attached hydrogens (tertiary/aromatic N) is 1. The number of benzene rings is 1. The Balaban J connectivity index is 1.98. The van der Waals surface area contributed by atoms with Crippen molar-refractivity contribution in [3.63, 3.8) is 0 Å². The van der Waals surface area contributed by atoms with E-state index in [1.807, 2.05) is 18.3 Å². The van der Waals surface area contributed by atoms with E-state index in [0.717, 1.165) is 30.6 Å². The zero-order valence-electron chi connectivity index (χ0n) is 11.3. The molecule has 0 saturated carbocycles. The molecule has 1 atom stereocenters. The first-order valence-corrected chi connectivity index (χ1v) is 6.74. The van der Waals surface area contributed by atoms with Crippen LogP contribution in [0.1, 0.15) is 35.6 Å². The highest BCUT2D eigenvalue weighted by Crippen LogP contribution is 2.38. The summed E-state index contributed by atoms with van der Waals surface area (Å²) in [5, 5.41) is 2.80. The zero-order valence-corrected chi connectivity index (χ0v) is 11.3. The van der Waals surface area contributed by atoms with Crippen LogP contribution >= 0.6 is 0 Å². The highest BCUT2D eigenvalue weighted by Gasteiger charge is 2.24. The van der Waals surface area contributed by atoms with Crippen LogP contribution in [0.4, 0.5) is 10.5 Å². The van der Waals surface area contributed by atoms with E-state index in [9.17, 15) is 4.79 Å². The average molecular weight is 271 g/mol. The quantitative estimate of drug-likeness (QED) is 0.882. The Hall–Kier alpha value is -2.30. The number of ether oxygens (including phenoxy) is 1. The first kappa shape index (κ1) is 12.7. The molecule has 0 aliphatic heterocycles. The Kier molecular flexibility index (Phi) is 3.41. The minimum absolute atomic E-state index is 0.320. The molecule has 20 heavy (non-hydrogen) atoms. The van der Waals surface area contributed by atoms with Crippen molar-refractivity contribution in [3.05, 3.63) is 47.5 Å². The van der Waals surface area contributed by atoms with Crippen LogP contribution in [0.2, 0.25) is 0 Å². The van der Waals surface area contributed by atoms with E-state index in [1.54, 1.807) is 6.33 Å². The largest absolute Gasteiger partial charge is 0.453 e. The van der Waals surface area contributed by atoms with E-state index >= 15 is 0 Å². The summed E-state index contributed by atoms with van der Waals surface area (Å²) in [5.41, 5.74) is 4.43. The Bertz CT molecular complexity index is 608. The number of H-pyrrole nitrogens is 1. The Labute approximate surface area is 117 Å². The van der Waals surface area contributed by atoms with E-state index in [2.05, 4.69) is 26.1 Å². The molecule has 0 radical (unpaired) electrons. The van der Waals surface area contributed by atoms with Gasteiger partial charge in [0.15, 0.2) is 0 Å². The van der Waals surface area contributed by atoms with Gasteiger partial charge in [-0.1, -0.05) is 12.1 Å². The van der Waals surface area contributed by atoms with Gasteiger partial charge in [-0.15, -0.1) is 0 Å². The van der Waals surface area contributed by atoms with Gasteiger partial charge in [0.2, 0.25) is 0 Å². The number of hydrogen-bond donors (Lipinski definition) is 2. The van der Waals surface area contributed by atoms with Crippen molar-refractivity contribution in [2.24, 2.45) is 0 Å². The maximum atomic E-state index is 11.4. The second-order valence-electron chi connectivity index (χ2n) is 4.94. The molecular formula is C15H17N3O2. The van der Waals surface area contributed by atoms with Crippen molar-refractivity contribution in [2.45, 2.75) is 25.2 Å². The molecule has 1 unspecified atom stereocenters.